The summed E-state index contributed by atoms with van der Waals surface area (Å²) >= 11 is 0. The summed E-state index contributed by atoms with van der Waals surface area (Å²) in [7, 11) is 0. The van der Waals surface area contributed by atoms with Gasteiger partial charge in [0.15, 0.2) is 11.5 Å². The van der Waals surface area contributed by atoms with E-state index in [4.69, 9.17) is 14.6 Å². The third-order valence-corrected chi connectivity index (χ3v) is 1.28. The summed E-state index contributed by atoms with van der Waals surface area (Å²) in [5, 5.41) is 8.06. The van der Waals surface area contributed by atoms with Crippen LogP contribution in [0.25, 0.3) is 0 Å². The average Bonchev–Trinajstić information content (AvgIpc) is 2.49. The van der Waals surface area contributed by atoms with Crippen LogP contribution in [-0.4, -0.2) is 18.0 Å². The van der Waals surface area contributed by atoms with Crippen LogP contribution in [0.5, 0.6) is 11.5 Å². The maximum Gasteiger partial charge on any atom is 0.231 e. The van der Waals surface area contributed by atoms with E-state index in [1.54, 1.807) is 13.8 Å². The molecule has 1 N–H and O–H groups in total. The molecule has 1 aromatic carbocycles. The molecule has 0 amide bonds. The zero-order chi connectivity index (χ0) is 9.68. The van der Waals surface area contributed by atoms with Crippen LogP contribution in [0, 0.1) is 0 Å². The van der Waals surface area contributed by atoms with Crippen LogP contribution in [0.4, 0.5) is 0 Å². The van der Waals surface area contributed by atoms with E-state index in [9.17, 15) is 0 Å². The van der Waals surface area contributed by atoms with E-state index in [1.807, 2.05) is 24.3 Å². The molecule has 0 saturated heterocycles. The van der Waals surface area contributed by atoms with Gasteiger partial charge in [-0.05, 0) is 26.0 Å². The minimum Gasteiger partial charge on any atom is -0.454 e. The molecule has 1 aliphatic rings. The third-order valence-electron chi connectivity index (χ3n) is 1.28. The average molecular weight is 182 g/mol. The van der Waals surface area contributed by atoms with Gasteiger partial charge in [-0.25, -0.2) is 0 Å². The van der Waals surface area contributed by atoms with Gasteiger partial charge in [0.1, 0.15) is 0 Å². The highest BCUT2D eigenvalue weighted by Gasteiger charge is 2.09. The van der Waals surface area contributed by atoms with E-state index in [0.717, 1.165) is 11.5 Å². The van der Waals surface area contributed by atoms with Crippen LogP contribution in [0.15, 0.2) is 24.3 Å². The molecule has 0 atom stereocenters. The Hall–Kier alpha value is -1.22. The highest BCUT2D eigenvalue weighted by molar-refractivity contribution is 5.40. The minimum absolute atomic E-state index is 0.167. The lowest BCUT2D eigenvalue weighted by atomic mass is 10.3. The number of fused-ring (bicyclic) bond motifs is 1. The fourth-order valence-corrected chi connectivity index (χ4v) is 0.845. The molecule has 0 aromatic heterocycles. The largest absolute Gasteiger partial charge is 0.454 e. The van der Waals surface area contributed by atoms with Crippen molar-refractivity contribution in [2.24, 2.45) is 0 Å². The van der Waals surface area contributed by atoms with E-state index < -0.39 is 0 Å². The summed E-state index contributed by atoms with van der Waals surface area (Å²) in [6.45, 7) is 3.80. The molecular formula is C10H14O3. The van der Waals surface area contributed by atoms with Gasteiger partial charge in [0.25, 0.3) is 0 Å². The predicted molar refractivity (Wildman–Crippen MR) is 49.9 cm³/mol. The highest BCUT2D eigenvalue weighted by Crippen LogP contribution is 2.30. The number of rotatable bonds is 0. The second-order valence-corrected chi connectivity index (χ2v) is 2.95. The van der Waals surface area contributed by atoms with Gasteiger partial charge in [-0.15, -0.1) is 0 Å². The molecule has 1 heterocycles. The fourth-order valence-electron chi connectivity index (χ4n) is 0.845. The number of hydrogen-bond donors (Lipinski definition) is 1. The van der Waals surface area contributed by atoms with Crippen molar-refractivity contribution in [1.82, 2.24) is 0 Å². The van der Waals surface area contributed by atoms with Gasteiger partial charge < -0.3 is 14.6 Å². The molecule has 72 valence electrons. The Morgan fingerprint density at radius 1 is 1.15 bits per heavy atom. The zero-order valence-electron chi connectivity index (χ0n) is 7.86. The van der Waals surface area contributed by atoms with Gasteiger partial charge in [0.2, 0.25) is 6.79 Å². The zero-order valence-corrected chi connectivity index (χ0v) is 7.86. The lowest BCUT2D eigenvalue weighted by Crippen LogP contribution is -1.92. The molecular weight excluding hydrogens is 168 g/mol. The highest BCUT2D eigenvalue weighted by atomic mass is 16.7. The van der Waals surface area contributed by atoms with Gasteiger partial charge in [0.05, 0.1) is 0 Å². The summed E-state index contributed by atoms with van der Waals surface area (Å²) in [6.07, 6.45) is -0.167. The lowest BCUT2D eigenvalue weighted by Gasteiger charge is -1.89. The van der Waals surface area contributed by atoms with Crippen molar-refractivity contribution in [3.05, 3.63) is 24.3 Å². The molecule has 0 fully saturated rings. The van der Waals surface area contributed by atoms with Crippen molar-refractivity contribution < 1.29 is 14.6 Å². The first-order valence-electron chi connectivity index (χ1n) is 4.23. The standard InChI is InChI=1S/C7H6O2.C3H8O/c1-2-4-7-6(3-1)8-5-9-7;1-3(2)4/h1-4H,5H2;3-4H,1-2H3. The van der Waals surface area contributed by atoms with E-state index in [-0.39, 0.29) is 6.10 Å². The van der Waals surface area contributed by atoms with Gasteiger partial charge >= 0.3 is 0 Å². The number of benzene rings is 1. The van der Waals surface area contributed by atoms with Gasteiger partial charge in [-0.1, -0.05) is 12.1 Å². The molecule has 1 aromatic rings. The Kier molecular flexibility index (Phi) is 3.58. The first kappa shape index (κ1) is 9.86. The Bertz CT molecular complexity index is 232. The van der Waals surface area contributed by atoms with Crippen LogP contribution in [0.2, 0.25) is 0 Å². The Morgan fingerprint density at radius 3 is 1.92 bits per heavy atom. The van der Waals surface area contributed by atoms with E-state index >= 15 is 0 Å². The van der Waals surface area contributed by atoms with Crippen LogP contribution in [-0.2, 0) is 0 Å². The normalized spacial score (nSPS) is 12.3. The molecule has 0 saturated carbocycles. The fraction of sp³-hybridized carbons (Fsp3) is 0.400. The SMILES string of the molecule is CC(C)O.c1ccc2c(c1)OCO2. The summed E-state index contributed by atoms with van der Waals surface area (Å²) in [4.78, 5) is 0. The van der Waals surface area contributed by atoms with Crippen molar-refractivity contribution in [2.75, 3.05) is 6.79 Å². The Balaban J connectivity index is 0.000000184. The number of aliphatic hydroxyl groups is 1. The molecule has 3 heteroatoms. The quantitative estimate of drug-likeness (QED) is 0.665. The molecule has 2 rings (SSSR count). The first-order valence-corrected chi connectivity index (χ1v) is 4.23. The summed E-state index contributed by atoms with van der Waals surface area (Å²) in [5.74, 6) is 1.69. The molecule has 13 heavy (non-hydrogen) atoms. The van der Waals surface area contributed by atoms with E-state index in [0.29, 0.717) is 6.79 Å². The molecule has 0 aliphatic carbocycles. The summed E-state index contributed by atoms with van der Waals surface area (Å²) in [6, 6.07) is 7.63. The van der Waals surface area contributed by atoms with Crippen LogP contribution in [0.3, 0.4) is 0 Å². The van der Waals surface area contributed by atoms with Crippen molar-refractivity contribution in [2.45, 2.75) is 20.0 Å². The third kappa shape index (κ3) is 3.34. The van der Waals surface area contributed by atoms with Crippen LogP contribution >= 0.6 is 0 Å². The Labute approximate surface area is 77.9 Å². The van der Waals surface area contributed by atoms with Gasteiger partial charge in [-0.2, -0.15) is 0 Å². The van der Waals surface area contributed by atoms with Crippen molar-refractivity contribution >= 4 is 0 Å². The van der Waals surface area contributed by atoms with E-state index in [2.05, 4.69) is 0 Å². The second kappa shape index (κ2) is 4.72. The monoisotopic (exact) mass is 182 g/mol. The number of aliphatic hydroxyl groups excluding tert-OH is 1. The van der Waals surface area contributed by atoms with Crippen molar-refractivity contribution in [3.63, 3.8) is 0 Å². The van der Waals surface area contributed by atoms with Crippen molar-refractivity contribution in [3.8, 4) is 11.5 Å². The maximum absolute atomic E-state index is 8.06. The minimum atomic E-state index is -0.167. The summed E-state index contributed by atoms with van der Waals surface area (Å²) in [5.41, 5.74) is 0. The molecule has 0 unspecified atom stereocenters. The topological polar surface area (TPSA) is 38.7 Å². The molecule has 3 nitrogen and oxygen atoms in total. The van der Waals surface area contributed by atoms with Crippen molar-refractivity contribution in [1.29, 1.82) is 0 Å². The molecule has 0 radical (unpaired) electrons. The Morgan fingerprint density at radius 2 is 1.54 bits per heavy atom. The number of hydrogen-bond acceptors (Lipinski definition) is 3. The number of para-hydroxylation sites is 2. The van der Waals surface area contributed by atoms with Gasteiger partial charge in [-0.3, -0.25) is 0 Å². The van der Waals surface area contributed by atoms with Gasteiger partial charge in [0, 0.05) is 6.10 Å². The van der Waals surface area contributed by atoms with Crippen LogP contribution < -0.4 is 9.47 Å². The molecule has 0 bridgehead atoms. The maximum atomic E-state index is 8.06. The molecule has 0 spiro atoms. The second-order valence-electron chi connectivity index (χ2n) is 2.95. The van der Waals surface area contributed by atoms with E-state index in [1.165, 1.54) is 0 Å². The smallest absolute Gasteiger partial charge is 0.231 e. The van der Waals surface area contributed by atoms with Crippen LogP contribution in [0.1, 0.15) is 13.8 Å². The number of ether oxygens (including phenoxy) is 2. The lowest BCUT2D eigenvalue weighted by molar-refractivity contribution is 0.174. The molecule has 1 aliphatic heterocycles. The summed E-state index contributed by atoms with van der Waals surface area (Å²) < 4.78 is 10.2. The first-order chi connectivity index (χ1) is 6.20. The predicted octanol–water partition coefficient (Wildman–Crippen LogP) is 1.80.